The minimum atomic E-state index is 0.0699. The zero-order valence-corrected chi connectivity index (χ0v) is 11.1. The van der Waals surface area contributed by atoms with Gasteiger partial charge in [0.2, 0.25) is 0 Å². The van der Waals surface area contributed by atoms with E-state index in [4.69, 9.17) is 10.00 Å². The van der Waals surface area contributed by atoms with Crippen LogP contribution in [0.25, 0.3) is 0 Å². The summed E-state index contributed by atoms with van der Waals surface area (Å²) < 4.78 is 5.57. The molecule has 0 amide bonds. The summed E-state index contributed by atoms with van der Waals surface area (Å²) in [7, 11) is 1.80. The van der Waals surface area contributed by atoms with Crippen LogP contribution in [0, 0.1) is 18.3 Å². The predicted molar refractivity (Wildman–Crippen MR) is 71.2 cm³/mol. The van der Waals surface area contributed by atoms with Crippen LogP contribution in [0.15, 0.2) is 18.2 Å². The molecule has 0 heterocycles. The van der Waals surface area contributed by atoms with Crippen molar-refractivity contribution in [3.05, 3.63) is 34.9 Å². The van der Waals surface area contributed by atoms with Crippen LogP contribution >= 0.6 is 0 Å². The maximum atomic E-state index is 8.82. The SMILES string of the molecule is COC1(CNCc2ccc(C#N)cc2C)CCC1. The van der Waals surface area contributed by atoms with Crippen LogP contribution in [0.1, 0.15) is 36.0 Å². The third-order valence-corrected chi connectivity index (χ3v) is 3.93. The summed E-state index contributed by atoms with van der Waals surface area (Å²) in [6.07, 6.45) is 3.58. The van der Waals surface area contributed by atoms with Gasteiger partial charge < -0.3 is 10.1 Å². The second kappa shape index (κ2) is 5.51. The molecule has 0 saturated heterocycles. The summed E-state index contributed by atoms with van der Waals surface area (Å²) in [6.45, 7) is 3.79. The van der Waals surface area contributed by atoms with E-state index in [-0.39, 0.29) is 5.60 Å². The summed E-state index contributed by atoms with van der Waals surface area (Å²) >= 11 is 0. The number of hydrogen-bond donors (Lipinski definition) is 1. The van der Waals surface area contributed by atoms with E-state index in [9.17, 15) is 0 Å². The number of benzene rings is 1. The number of nitrogens with one attached hydrogen (secondary N) is 1. The molecule has 0 bridgehead atoms. The summed E-state index contributed by atoms with van der Waals surface area (Å²) in [5.74, 6) is 0. The van der Waals surface area contributed by atoms with Gasteiger partial charge >= 0.3 is 0 Å². The van der Waals surface area contributed by atoms with Crippen molar-refractivity contribution < 1.29 is 4.74 Å². The Morgan fingerprint density at radius 3 is 2.72 bits per heavy atom. The van der Waals surface area contributed by atoms with Gasteiger partial charge in [0.25, 0.3) is 0 Å². The molecule has 3 heteroatoms. The van der Waals surface area contributed by atoms with Crippen molar-refractivity contribution in [2.45, 2.75) is 38.3 Å². The molecule has 0 unspecified atom stereocenters. The number of hydrogen-bond acceptors (Lipinski definition) is 3. The Kier molecular flexibility index (Phi) is 4.00. The first-order valence-electron chi connectivity index (χ1n) is 6.45. The number of aryl methyl sites for hydroxylation is 1. The van der Waals surface area contributed by atoms with Gasteiger partial charge in [-0.2, -0.15) is 5.26 Å². The molecule has 3 nitrogen and oxygen atoms in total. The number of nitrogens with zero attached hydrogens (tertiary/aromatic N) is 1. The largest absolute Gasteiger partial charge is 0.377 e. The molecule has 1 saturated carbocycles. The first-order valence-corrected chi connectivity index (χ1v) is 6.45. The van der Waals surface area contributed by atoms with Gasteiger partial charge in [-0.1, -0.05) is 6.07 Å². The van der Waals surface area contributed by atoms with Gasteiger partial charge in [0.05, 0.1) is 17.2 Å². The van der Waals surface area contributed by atoms with Gasteiger partial charge in [-0.15, -0.1) is 0 Å². The average molecular weight is 244 g/mol. The number of rotatable bonds is 5. The van der Waals surface area contributed by atoms with Gasteiger partial charge in [0.15, 0.2) is 0 Å². The molecule has 1 aliphatic carbocycles. The monoisotopic (exact) mass is 244 g/mol. The molecule has 0 aliphatic heterocycles. The van der Waals surface area contributed by atoms with Crippen molar-refractivity contribution in [3.8, 4) is 6.07 Å². The normalized spacial score (nSPS) is 16.9. The van der Waals surface area contributed by atoms with E-state index in [2.05, 4.69) is 11.4 Å². The Hall–Kier alpha value is -1.37. The molecule has 0 atom stereocenters. The van der Waals surface area contributed by atoms with Gasteiger partial charge in [-0.05, 0) is 49.4 Å². The van der Waals surface area contributed by atoms with Crippen LogP contribution in [0.4, 0.5) is 0 Å². The van der Waals surface area contributed by atoms with Crippen LogP contribution in [0.3, 0.4) is 0 Å². The molecular formula is C15H20N2O. The first-order chi connectivity index (χ1) is 8.69. The summed E-state index contributed by atoms with van der Waals surface area (Å²) in [5.41, 5.74) is 3.21. The number of nitriles is 1. The second-order valence-corrected chi connectivity index (χ2v) is 5.10. The van der Waals surface area contributed by atoms with Crippen molar-refractivity contribution in [3.63, 3.8) is 0 Å². The highest BCUT2D eigenvalue weighted by Gasteiger charge is 2.36. The second-order valence-electron chi connectivity index (χ2n) is 5.10. The molecule has 0 spiro atoms. The lowest BCUT2D eigenvalue weighted by Crippen LogP contribution is -2.47. The Bertz CT molecular complexity index is 453. The van der Waals surface area contributed by atoms with Gasteiger partial charge in [0.1, 0.15) is 0 Å². The summed E-state index contributed by atoms with van der Waals surface area (Å²) in [4.78, 5) is 0. The van der Waals surface area contributed by atoms with Crippen molar-refractivity contribution in [1.29, 1.82) is 5.26 Å². The van der Waals surface area contributed by atoms with Crippen LogP contribution < -0.4 is 5.32 Å². The highest BCUT2D eigenvalue weighted by atomic mass is 16.5. The molecule has 1 N–H and O–H groups in total. The maximum absolute atomic E-state index is 8.82. The van der Waals surface area contributed by atoms with E-state index in [0.29, 0.717) is 0 Å². The quantitative estimate of drug-likeness (QED) is 0.865. The molecule has 1 aromatic rings. The standard InChI is InChI=1S/C15H20N2O/c1-12-8-13(9-16)4-5-14(12)10-17-11-15(18-2)6-3-7-15/h4-5,8,17H,3,6-7,10-11H2,1-2H3. The van der Waals surface area contributed by atoms with Gasteiger partial charge in [0, 0.05) is 20.2 Å². The smallest absolute Gasteiger partial charge is 0.0991 e. The summed E-state index contributed by atoms with van der Waals surface area (Å²) in [6, 6.07) is 8.00. The Morgan fingerprint density at radius 1 is 1.44 bits per heavy atom. The molecule has 0 radical (unpaired) electrons. The highest BCUT2D eigenvalue weighted by Crippen LogP contribution is 2.34. The van der Waals surface area contributed by atoms with Crippen LogP contribution in [0.2, 0.25) is 0 Å². The zero-order chi connectivity index (χ0) is 13.0. The average Bonchev–Trinajstić information content (AvgIpc) is 2.34. The van der Waals surface area contributed by atoms with Crippen molar-refractivity contribution in [2.75, 3.05) is 13.7 Å². The minimum Gasteiger partial charge on any atom is -0.377 e. The first kappa shape index (κ1) is 13.1. The molecule has 1 aromatic carbocycles. The number of ether oxygens (including phenoxy) is 1. The van der Waals surface area contributed by atoms with E-state index in [1.165, 1.54) is 17.5 Å². The Balaban J connectivity index is 1.89. The molecule has 18 heavy (non-hydrogen) atoms. The maximum Gasteiger partial charge on any atom is 0.0991 e. The topological polar surface area (TPSA) is 45.0 Å². The molecular weight excluding hydrogens is 224 g/mol. The van der Waals surface area contributed by atoms with Crippen LogP contribution in [-0.4, -0.2) is 19.3 Å². The van der Waals surface area contributed by atoms with Crippen LogP contribution in [-0.2, 0) is 11.3 Å². The highest BCUT2D eigenvalue weighted by molar-refractivity contribution is 5.37. The Morgan fingerprint density at radius 2 is 2.22 bits per heavy atom. The van der Waals surface area contributed by atoms with E-state index in [1.807, 2.05) is 25.1 Å². The fraction of sp³-hybridized carbons (Fsp3) is 0.533. The molecule has 96 valence electrons. The van der Waals surface area contributed by atoms with Crippen molar-refractivity contribution in [2.24, 2.45) is 0 Å². The molecule has 2 rings (SSSR count). The van der Waals surface area contributed by atoms with Crippen molar-refractivity contribution in [1.82, 2.24) is 5.32 Å². The lowest BCUT2D eigenvalue weighted by molar-refractivity contribution is -0.0695. The fourth-order valence-electron chi connectivity index (χ4n) is 2.41. The lowest BCUT2D eigenvalue weighted by atomic mass is 9.80. The summed E-state index contributed by atoms with van der Waals surface area (Å²) in [5, 5.41) is 12.3. The van der Waals surface area contributed by atoms with E-state index >= 15 is 0 Å². The van der Waals surface area contributed by atoms with Gasteiger partial charge in [-0.25, -0.2) is 0 Å². The Labute approximate surface area is 109 Å². The minimum absolute atomic E-state index is 0.0699. The van der Waals surface area contributed by atoms with E-state index in [0.717, 1.165) is 31.5 Å². The fourth-order valence-corrected chi connectivity index (χ4v) is 2.41. The molecule has 0 aromatic heterocycles. The lowest BCUT2D eigenvalue weighted by Gasteiger charge is -2.40. The van der Waals surface area contributed by atoms with Crippen LogP contribution in [0.5, 0.6) is 0 Å². The van der Waals surface area contributed by atoms with Gasteiger partial charge in [-0.3, -0.25) is 0 Å². The van der Waals surface area contributed by atoms with E-state index in [1.54, 1.807) is 7.11 Å². The molecule has 1 fully saturated rings. The third-order valence-electron chi connectivity index (χ3n) is 3.93. The number of methoxy groups -OCH3 is 1. The van der Waals surface area contributed by atoms with Crippen molar-refractivity contribution >= 4 is 0 Å². The van der Waals surface area contributed by atoms with E-state index < -0.39 is 0 Å². The third kappa shape index (κ3) is 2.72. The molecule has 1 aliphatic rings. The predicted octanol–water partition coefficient (Wildman–Crippen LogP) is 2.53. The zero-order valence-electron chi connectivity index (χ0n) is 11.1.